The molecule has 0 spiro atoms. The van der Waals surface area contributed by atoms with Gasteiger partial charge >= 0.3 is 5.97 Å². The van der Waals surface area contributed by atoms with Crippen LogP contribution in [-0.4, -0.2) is 99.6 Å². The Bertz CT molecular complexity index is 1170. The van der Waals surface area contributed by atoms with Crippen LogP contribution in [0, 0.1) is 0 Å². The van der Waals surface area contributed by atoms with E-state index >= 15 is 0 Å². The van der Waals surface area contributed by atoms with Crippen LogP contribution in [0.5, 0.6) is 0 Å². The molecule has 1 rings (SSSR count). The Kier molecular flexibility index (Phi) is 41.8. The van der Waals surface area contributed by atoms with E-state index in [-0.39, 0.29) is 19.4 Å². The quantitative estimate of drug-likeness (QED) is 0.0196. The Morgan fingerprint density at radius 1 is 0.576 bits per heavy atom. The molecule has 1 aliphatic rings. The number of aliphatic hydroxyl groups excluding tert-OH is 5. The molecule has 1 amide bonds. The first kappa shape index (κ1) is 62.2. The summed E-state index contributed by atoms with van der Waals surface area (Å²) in [7, 11) is 0. The summed E-state index contributed by atoms with van der Waals surface area (Å²) in [6.07, 6.45) is 38.0. The average Bonchev–Trinajstić information content (AvgIpc) is 3.31. The molecule has 388 valence electrons. The minimum Gasteiger partial charge on any atom is -0.454 e. The van der Waals surface area contributed by atoms with E-state index in [1.165, 1.54) is 148 Å². The maximum absolute atomic E-state index is 13.3. The van der Waals surface area contributed by atoms with Crippen molar-refractivity contribution in [3.8, 4) is 0 Å². The van der Waals surface area contributed by atoms with Crippen LogP contribution in [0.1, 0.15) is 252 Å². The van der Waals surface area contributed by atoms with Gasteiger partial charge in [-0.3, -0.25) is 9.59 Å². The largest absolute Gasteiger partial charge is 0.454 e. The zero-order valence-electron chi connectivity index (χ0n) is 42.6. The molecule has 0 bridgehead atoms. The lowest BCUT2D eigenvalue weighted by atomic mass is 9.99. The van der Waals surface area contributed by atoms with Gasteiger partial charge in [0.1, 0.15) is 24.4 Å². The van der Waals surface area contributed by atoms with Gasteiger partial charge in [0.05, 0.1) is 25.4 Å². The average molecular weight is 938 g/mol. The molecule has 6 N–H and O–H groups in total. The van der Waals surface area contributed by atoms with Gasteiger partial charge in [0.2, 0.25) is 5.91 Å². The number of nitrogens with one attached hydrogen (secondary N) is 1. The summed E-state index contributed by atoms with van der Waals surface area (Å²) in [5, 5.41) is 56.6. The molecule has 11 heteroatoms. The number of aliphatic hydroxyl groups is 5. The van der Waals surface area contributed by atoms with Crippen molar-refractivity contribution in [1.82, 2.24) is 5.32 Å². The van der Waals surface area contributed by atoms with Crippen LogP contribution in [-0.2, 0) is 23.8 Å². The number of esters is 1. The summed E-state index contributed by atoms with van der Waals surface area (Å²) in [6.45, 7) is 5.75. The van der Waals surface area contributed by atoms with Crippen molar-refractivity contribution < 1.29 is 49.3 Å². The number of allylic oxidation sites excluding steroid dienone is 3. The number of hydrogen-bond acceptors (Lipinski definition) is 10. The van der Waals surface area contributed by atoms with Gasteiger partial charge in [0, 0.05) is 6.42 Å². The molecule has 1 aliphatic heterocycles. The third-order valence-corrected chi connectivity index (χ3v) is 13.1. The molecule has 1 fully saturated rings. The monoisotopic (exact) mass is 938 g/mol. The topological polar surface area (TPSA) is 175 Å². The van der Waals surface area contributed by atoms with Gasteiger partial charge in [-0.25, -0.2) is 0 Å². The van der Waals surface area contributed by atoms with Crippen molar-refractivity contribution in [2.45, 2.75) is 301 Å². The van der Waals surface area contributed by atoms with Crippen molar-refractivity contribution in [3.63, 3.8) is 0 Å². The van der Waals surface area contributed by atoms with E-state index in [0.29, 0.717) is 12.8 Å². The number of unbranched alkanes of at least 4 members (excludes halogenated alkanes) is 30. The highest BCUT2D eigenvalue weighted by Gasteiger charge is 2.47. The lowest BCUT2D eigenvalue weighted by Crippen LogP contribution is -2.61. The molecule has 0 aromatic heterocycles. The van der Waals surface area contributed by atoms with E-state index in [4.69, 9.17) is 14.2 Å². The van der Waals surface area contributed by atoms with Crippen LogP contribution in [0.15, 0.2) is 24.3 Å². The highest BCUT2D eigenvalue weighted by molar-refractivity contribution is 5.80. The predicted octanol–water partition coefficient (Wildman–Crippen LogP) is 11.8. The van der Waals surface area contributed by atoms with E-state index in [1.54, 1.807) is 6.08 Å². The Hall–Kier alpha value is -1.86. The molecule has 66 heavy (non-hydrogen) atoms. The maximum atomic E-state index is 13.3. The number of carbonyl (C=O) groups is 2. The van der Waals surface area contributed by atoms with Crippen LogP contribution in [0.25, 0.3) is 0 Å². The normalized spacial score (nSPS) is 20.3. The summed E-state index contributed by atoms with van der Waals surface area (Å²) in [4.78, 5) is 26.3. The third-order valence-electron chi connectivity index (χ3n) is 13.1. The zero-order chi connectivity index (χ0) is 48.3. The SMILES string of the molecule is CCCCCCCCC/C=C\CCCCC(O)C(=O)NC(COC1OC(CO)C(O)C(O)C1OC(=O)CCCCCCCCCCCCCCC)C(O)/C=C/CCCCCCCCCCC. The van der Waals surface area contributed by atoms with Crippen molar-refractivity contribution in [1.29, 1.82) is 0 Å². The van der Waals surface area contributed by atoms with E-state index in [1.807, 2.05) is 6.08 Å². The Morgan fingerprint density at radius 2 is 1.00 bits per heavy atom. The van der Waals surface area contributed by atoms with Crippen LogP contribution >= 0.6 is 0 Å². The molecule has 1 saturated heterocycles. The first-order chi connectivity index (χ1) is 32.2. The van der Waals surface area contributed by atoms with Gasteiger partial charge in [-0.2, -0.15) is 0 Å². The lowest BCUT2D eigenvalue weighted by molar-refractivity contribution is -0.305. The second-order valence-corrected chi connectivity index (χ2v) is 19.3. The Labute approximate surface area is 403 Å². The zero-order valence-corrected chi connectivity index (χ0v) is 42.6. The highest BCUT2D eigenvalue weighted by Crippen LogP contribution is 2.26. The summed E-state index contributed by atoms with van der Waals surface area (Å²) in [5.41, 5.74) is 0. The Morgan fingerprint density at radius 3 is 1.47 bits per heavy atom. The van der Waals surface area contributed by atoms with Gasteiger partial charge < -0.3 is 45.1 Å². The molecule has 0 aromatic carbocycles. The van der Waals surface area contributed by atoms with E-state index in [9.17, 15) is 35.1 Å². The second-order valence-electron chi connectivity index (χ2n) is 19.3. The highest BCUT2D eigenvalue weighted by atomic mass is 16.7. The molecular weight excluding hydrogens is 835 g/mol. The molecule has 1 heterocycles. The molecule has 0 aromatic rings. The number of rotatable bonds is 46. The molecule has 0 saturated carbocycles. The first-order valence-corrected chi connectivity index (χ1v) is 27.6. The number of carbonyl (C=O) groups excluding carboxylic acids is 2. The Balaban J connectivity index is 2.76. The standard InChI is InChI=1S/C55H103NO10/c1-4-7-10-13-16-19-22-24-27-30-33-36-39-42-48(59)54(63)56-46(47(58)41-38-35-32-29-26-21-18-15-12-9-6-3)45-64-55-53(52(62)51(61)49(44-57)65-55)66-50(60)43-40-37-34-31-28-25-23-20-17-14-11-8-5-2/h27,30,38,41,46-49,51-53,55,57-59,61-62H,4-26,28-29,31-37,39-40,42-45H2,1-3H3,(H,56,63)/b30-27-,41-38+. The van der Waals surface area contributed by atoms with Crippen molar-refractivity contribution in [2.75, 3.05) is 13.2 Å². The van der Waals surface area contributed by atoms with Crippen LogP contribution in [0.3, 0.4) is 0 Å². The van der Waals surface area contributed by atoms with Crippen LogP contribution in [0.4, 0.5) is 0 Å². The number of ether oxygens (including phenoxy) is 3. The van der Waals surface area contributed by atoms with Gasteiger partial charge in [-0.05, 0) is 51.4 Å². The van der Waals surface area contributed by atoms with Crippen LogP contribution < -0.4 is 5.32 Å². The molecule has 0 aliphatic carbocycles. The van der Waals surface area contributed by atoms with Crippen LogP contribution in [0.2, 0.25) is 0 Å². The minimum atomic E-state index is -1.61. The lowest BCUT2D eigenvalue weighted by Gasteiger charge is -2.41. The van der Waals surface area contributed by atoms with Gasteiger partial charge in [-0.15, -0.1) is 0 Å². The third kappa shape index (κ3) is 32.8. The number of amides is 1. The van der Waals surface area contributed by atoms with Crippen molar-refractivity contribution >= 4 is 11.9 Å². The van der Waals surface area contributed by atoms with E-state index in [2.05, 4.69) is 38.2 Å². The fraction of sp³-hybridized carbons (Fsp3) is 0.891. The molecular formula is C55H103NO10. The van der Waals surface area contributed by atoms with Gasteiger partial charge in [0.25, 0.3) is 0 Å². The van der Waals surface area contributed by atoms with E-state index in [0.717, 1.165) is 57.8 Å². The number of hydrogen-bond donors (Lipinski definition) is 6. The van der Waals surface area contributed by atoms with E-state index < -0.39 is 67.4 Å². The summed E-state index contributed by atoms with van der Waals surface area (Å²) in [6, 6.07) is -1.02. The fourth-order valence-electron chi connectivity index (χ4n) is 8.65. The molecule has 8 atom stereocenters. The van der Waals surface area contributed by atoms with Gasteiger partial charge in [0.15, 0.2) is 12.4 Å². The molecule has 0 radical (unpaired) electrons. The first-order valence-electron chi connectivity index (χ1n) is 27.6. The smallest absolute Gasteiger partial charge is 0.306 e. The fourth-order valence-corrected chi connectivity index (χ4v) is 8.65. The maximum Gasteiger partial charge on any atom is 0.306 e. The van der Waals surface area contributed by atoms with Crippen molar-refractivity contribution in [2.24, 2.45) is 0 Å². The minimum absolute atomic E-state index is 0.127. The molecule has 11 nitrogen and oxygen atoms in total. The predicted molar refractivity (Wildman–Crippen MR) is 269 cm³/mol. The summed E-state index contributed by atoms with van der Waals surface area (Å²) >= 11 is 0. The summed E-state index contributed by atoms with van der Waals surface area (Å²) in [5.74, 6) is -1.21. The van der Waals surface area contributed by atoms with Crippen molar-refractivity contribution in [3.05, 3.63) is 24.3 Å². The molecule has 8 unspecified atom stereocenters. The van der Waals surface area contributed by atoms with Gasteiger partial charge in [-0.1, -0.05) is 218 Å². The summed E-state index contributed by atoms with van der Waals surface area (Å²) < 4.78 is 17.5. The second kappa shape index (κ2) is 44.4.